The van der Waals surface area contributed by atoms with Gasteiger partial charge in [-0.2, -0.15) is 0 Å². The molecule has 0 aromatic heterocycles. The Morgan fingerprint density at radius 3 is 2.50 bits per heavy atom. The van der Waals surface area contributed by atoms with Crippen molar-refractivity contribution in [3.8, 4) is 5.75 Å². The minimum Gasteiger partial charge on any atom is -0.496 e. The number of carbonyl (C=O) groups is 2. The molecule has 1 fully saturated rings. The summed E-state index contributed by atoms with van der Waals surface area (Å²) in [4.78, 5) is 24.2. The van der Waals surface area contributed by atoms with Gasteiger partial charge in [0.15, 0.2) is 0 Å². The molecule has 3 amide bonds. The van der Waals surface area contributed by atoms with E-state index in [-0.39, 0.29) is 22.5 Å². The van der Waals surface area contributed by atoms with Gasteiger partial charge in [0.05, 0.1) is 12.0 Å². The Labute approximate surface area is 163 Å². The summed E-state index contributed by atoms with van der Waals surface area (Å²) in [6, 6.07) is 10.2. The van der Waals surface area contributed by atoms with Gasteiger partial charge in [0, 0.05) is 17.3 Å². The summed E-state index contributed by atoms with van der Waals surface area (Å²) < 4.78 is 32.2. The van der Waals surface area contributed by atoms with E-state index in [4.69, 9.17) is 4.74 Å². The van der Waals surface area contributed by atoms with Crippen molar-refractivity contribution >= 4 is 27.6 Å². The van der Waals surface area contributed by atoms with Crippen LogP contribution >= 0.6 is 0 Å². The summed E-state index contributed by atoms with van der Waals surface area (Å²) >= 11 is 0. The SMILES string of the molecule is COc1ccc(S(=O)(=O)NC(=O)c2cccc(NC(=O)NC3CC3)c2)cc1C. The predicted molar refractivity (Wildman–Crippen MR) is 104 cm³/mol. The molecule has 148 valence electrons. The molecule has 0 aliphatic heterocycles. The first-order chi connectivity index (χ1) is 13.3. The Bertz CT molecular complexity index is 1020. The third kappa shape index (κ3) is 4.80. The van der Waals surface area contributed by atoms with E-state index in [1.165, 1.54) is 37.4 Å². The lowest BCUT2D eigenvalue weighted by Gasteiger charge is -2.11. The van der Waals surface area contributed by atoms with Crippen molar-refractivity contribution in [1.29, 1.82) is 0 Å². The Kier molecular flexibility index (Phi) is 5.55. The Morgan fingerprint density at radius 2 is 1.86 bits per heavy atom. The highest BCUT2D eigenvalue weighted by Crippen LogP contribution is 2.22. The van der Waals surface area contributed by atoms with E-state index in [1.807, 2.05) is 4.72 Å². The van der Waals surface area contributed by atoms with Gasteiger partial charge >= 0.3 is 6.03 Å². The average molecular weight is 403 g/mol. The highest BCUT2D eigenvalue weighted by molar-refractivity contribution is 7.90. The van der Waals surface area contributed by atoms with Gasteiger partial charge in [0.25, 0.3) is 15.9 Å². The number of aryl methyl sites for hydroxylation is 1. The van der Waals surface area contributed by atoms with E-state index < -0.39 is 15.9 Å². The fraction of sp³-hybridized carbons (Fsp3) is 0.263. The molecule has 3 N–H and O–H groups in total. The molecule has 0 atom stereocenters. The summed E-state index contributed by atoms with van der Waals surface area (Å²) in [6.45, 7) is 1.71. The number of sulfonamides is 1. The normalized spacial score (nSPS) is 13.5. The number of hydrogen-bond acceptors (Lipinski definition) is 5. The van der Waals surface area contributed by atoms with Crippen molar-refractivity contribution in [2.45, 2.75) is 30.7 Å². The minimum absolute atomic E-state index is 0.0442. The zero-order valence-electron chi connectivity index (χ0n) is 15.5. The number of rotatable bonds is 6. The van der Waals surface area contributed by atoms with E-state index in [2.05, 4.69) is 10.6 Å². The van der Waals surface area contributed by atoms with E-state index in [9.17, 15) is 18.0 Å². The number of amides is 3. The van der Waals surface area contributed by atoms with Gasteiger partial charge in [-0.15, -0.1) is 0 Å². The smallest absolute Gasteiger partial charge is 0.319 e. The molecular weight excluding hydrogens is 382 g/mol. The van der Waals surface area contributed by atoms with E-state index in [0.717, 1.165) is 12.8 Å². The zero-order chi connectivity index (χ0) is 20.3. The van der Waals surface area contributed by atoms with E-state index >= 15 is 0 Å². The third-order valence-electron chi connectivity index (χ3n) is 4.20. The minimum atomic E-state index is -4.05. The molecule has 0 unspecified atom stereocenters. The van der Waals surface area contributed by atoms with Crippen molar-refractivity contribution in [1.82, 2.24) is 10.0 Å². The summed E-state index contributed by atoms with van der Waals surface area (Å²) in [5, 5.41) is 5.40. The number of anilines is 1. The molecule has 1 aliphatic rings. The number of carbonyl (C=O) groups excluding carboxylic acids is 2. The molecule has 0 saturated heterocycles. The molecular formula is C19H21N3O5S. The predicted octanol–water partition coefficient (Wildman–Crippen LogP) is 2.41. The van der Waals surface area contributed by atoms with Gasteiger partial charge in [0.1, 0.15) is 5.75 Å². The van der Waals surface area contributed by atoms with E-state index in [1.54, 1.807) is 19.1 Å². The summed E-state index contributed by atoms with van der Waals surface area (Å²) in [5.74, 6) is -0.242. The van der Waals surface area contributed by atoms with Crippen LogP contribution in [0.1, 0.15) is 28.8 Å². The molecule has 8 nitrogen and oxygen atoms in total. The number of nitrogens with one attached hydrogen (secondary N) is 3. The maximum absolute atomic E-state index is 12.5. The van der Waals surface area contributed by atoms with Crippen molar-refractivity contribution in [3.63, 3.8) is 0 Å². The lowest BCUT2D eigenvalue weighted by Crippen LogP contribution is -2.31. The van der Waals surface area contributed by atoms with Crippen LogP contribution in [0.2, 0.25) is 0 Å². The van der Waals surface area contributed by atoms with Gasteiger partial charge in [-0.1, -0.05) is 6.07 Å². The number of benzene rings is 2. The first kappa shape index (κ1) is 19.7. The lowest BCUT2D eigenvalue weighted by atomic mass is 10.2. The van der Waals surface area contributed by atoms with Gasteiger partial charge in [0.2, 0.25) is 0 Å². The average Bonchev–Trinajstić information content (AvgIpc) is 3.45. The van der Waals surface area contributed by atoms with Crippen LogP contribution in [0.5, 0.6) is 5.75 Å². The second kappa shape index (κ2) is 7.89. The molecule has 2 aromatic carbocycles. The molecule has 2 aromatic rings. The molecule has 3 rings (SSSR count). The Hall–Kier alpha value is -3.07. The van der Waals surface area contributed by atoms with Gasteiger partial charge in [-0.25, -0.2) is 17.9 Å². The maximum atomic E-state index is 12.5. The fourth-order valence-corrected chi connectivity index (χ4v) is 3.64. The summed E-state index contributed by atoms with van der Waals surface area (Å²) in [5.41, 5.74) is 1.13. The number of ether oxygens (including phenoxy) is 1. The fourth-order valence-electron chi connectivity index (χ4n) is 2.58. The molecule has 0 radical (unpaired) electrons. The second-order valence-corrected chi connectivity index (χ2v) is 8.20. The lowest BCUT2D eigenvalue weighted by molar-refractivity contribution is 0.0981. The van der Waals surface area contributed by atoms with Gasteiger partial charge in [-0.3, -0.25) is 4.79 Å². The van der Waals surface area contributed by atoms with Gasteiger partial charge in [-0.05, 0) is 61.7 Å². The van der Waals surface area contributed by atoms with Crippen LogP contribution in [0.4, 0.5) is 10.5 Å². The highest BCUT2D eigenvalue weighted by Gasteiger charge is 2.23. The molecule has 9 heteroatoms. The van der Waals surface area contributed by atoms with Crippen molar-refractivity contribution in [2.75, 3.05) is 12.4 Å². The van der Waals surface area contributed by atoms with Crippen LogP contribution in [0.3, 0.4) is 0 Å². The Morgan fingerprint density at radius 1 is 1.11 bits per heavy atom. The molecule has 0 heterocycles. The van der Waals surface area contributed by atoms with Gasteiger partial charge < -0.3 is 15.4 Å². The van der Waals surface area contributed by atoms with E-state index in [0.29, 0.717) is 17.0 Å². The monoisotopic (exact) mass is 403 g/mol. The quantitative estimate of drug-likeness (QED) is 0.685. The zero-order valence-corrected chi connectivity index (χ0v) is 16.3. The first-order valence-electron chi connectivity index (χ1n) is 8.68. The molecule has 1 aliphatic carbocycles. The van der Waals surface area contributed by atoms with Crippen LogP contribution in [-0.4, -0.2) is 33.5 Å². The topological polar surface area (TPSA) is 114 Å². The van der Waals surface area contributed by atoms with Crippen LogP contribution in [0.15, 0.2) is 47.4 Å². The maximum Gasteiger partial charge on any atom is 0.319 e. The largest absolute Gasteiger partial charge is 0.496 e. The van der Waals surface area contributed by atoms with Crippen LogP contribution in [0, 0.1) is 6.92 Å². The number of hydrogen-bond donors (Lipinski definition) is 3. The second-order valence-electron chi connectivity index (χ2n) is 6.52. The third-order valence-corrected chi connectivity index (χ3v) is 5.53. The molecule has 28 heavy (non-hydrogen) atoms. The standard InChI is InChI=1S/C19H21N3O5S/c1-12-10-16(8-9-17(12)27-2)28(25,26)22-18(23)13-4-3-5-15(11-13)21-19(24)20-14-6-7-14/h3-5,8-11,14H,6-7H2,1-2H3,(H,22,23)(H2,20,21,24). The van der Waals surface area contributed by atoms with Crippen molar-refractivity contribution in [3.05, 3.63) is 53.6 Å². The highest BCUT2D eigenvalue weighted by atomic mass is 32.2. The first-order valence-corrected chi connectivity index (χ1v) is 10.2. The summed E-state index contributed by atoms with van der Waals surface area (Å²) in [7, 11) is -2.56. The van der Waals surface area contributed by atoms with Crippen LogP contribution in [0.25, 0.3) is 0 Å². The van der Waals surface area contributed by atoms with Crippen molar-refractivity contribution in [2.24, 2.45) is 0 Å². The number of methoxy groups -OCH3 is 1. The summed E-state index contributed by atoms with van der Waals surface area (Å²) in [6.07, 6.45) is 1.91. The van der Waals surface area contributed by atoms with Crippen LogP contribution < -0.4 is 20.1 Å². The van der Waals surface area contributed by atoms with Crippen LogP contribution in [-0.2, 0) is 10.0 Å². The Balaban J connectivity index is 1.72. The molecule has 0 spiro atoms. The number of urea groups is 1. The molecule has 0 bridgehead atoms. The van der Waals surface area contributed by atoms with Crippen molar-refractivity contribution < 1.29 is 22.7 Å². The molecule has 1 saturated carbocycles.